The summed E-state index contributed by atoms with van der Waals surface area (Å²) in [6.45, 7) is 0. The average molecular weight is 599 g/mol. The van der Waals surface area contributed by atoms with Gasteiger partial charge in [-0.25, -0.2) is 9.97 Å². The van der Waals surface area contributed by atoms with Crippen LogP contribution in [0.4, 0.5) is 34.1 Å². The molecule has 0 unspecified atom stereocenters. The first kappa shape index (κ1) is 26.9. The number of pyridine rings is 2. The van der Waals surface area contributed by atoms with Crippen molar-refractivity contribution in [1.82, 2.24) is 9.97 Å². The highest BCUT2D eigenvalue weighted by Crippen LogP contribution is 2.48. The Labute approximate surface area is 240 Å². The Morgan fingerprint density at radius 1 is 0.750 bits per heavy atom. The van der Waals surface area contributed by atoms with Gasteiger partial charge in [0.2, 0.25) is 0 Å². The van der Waals surface area contributed by atoms with Crippen LogP contribution < -0.4 is 44.2 Å². The maximum atomic E-state index is 12.2. The van der Waals surface area contributed by atoms with Crippen LogP contribution in [-0.4, -0.2) is 46.8 Å². The van der Waals surface area contributed by atoms with E-state index in [-0.39, 0.29) is 55.5 Å². The highest BCUT2D eigenvalue weighted by atomic mass is 35.5. The van der Waals surface area contributed by atoms with Gasteiger partial charge in [0, 0.05) is 30.4 Å². The number of benzene rings is 2. The van der Waals surface area contributed by atoms with Crippen molar-refractivity contribution in [2.45, 2.75) is 0 Å². The number of amides is 3. The van der Waals surface area contributed by atoms with Crippen molar-refractivity contribution in [2.75, 3.05) is 46.8 Å². The van der Waals surface area contributed by atoms with Crippen molar-refractivity contribution < 1.29 is 14.4 Å². The first-order valence-corrected chi connectivity index (χ1v) is 12.4. The minimum atomic E-state index is -0.751. The molecule has 16 heteroatoms. The minimum absolute atomic E-state index is 0.0466. The molecule has 6 rings (SSSR count). The summed E-state index contributed by atoms with van der Waals surface area (Å²) >= 11 is 17.6. The predicted octanol–water partition coefficient (Wildman–Crippen LogP) is 2.02. The number of aromatic nitrogens is 2. The highest BCUT2D eigenvalue weighted by molar-refractivity contribution is 7.81. The molecule has 0 spiro atoms. The monoisotopic (exact) mass is 598 g/mol. The van der Waals surface area contributed by atoms with Crippen LogP contribution in [0, 0.1) is 0 Å². The number of nitrogens with zero attached hydrogens (tertiary/aromatic N) is 4. The molecular weight excluding hydrogens is 579 g/mol. The molecule has 40 heavy (non-hydrogen) atoms. The van der Waals surface area contributed by atoms with E-state index in [1.807, 2.05) is 0 Å². The van der Waals surface area contributed by atoms with Crippen LogP contribution >= 0.6 is 35.4 Å². The third-order valence-corrected chi connectivity index (χ3v) is 8.03. The van der Waals surface area contributed by atoms with Crippen molar-refractivity contribution in [3.05, 3.63) is 44.7 Å². The van der Waals surface area contributed by atoms with E-state index in [2.05, 4.69) is 9.97 Å². The molecule has 0 radical (unpaired) electrons. The number of nitrogen functional groups attached to an aromatic ring is 4. The lowest BCUT2D eigenvalue weighted by Crippen LogP contribution is -2.22. The van der Waals surface area contributed by atoms with Gasteiger partial charge in [-0.2, -0.15) is 0 Å². The predicted molar refractivity (Wildman–Crippen MR) is 161 cm³/mol. The molecule has 0 bridgehead atoms. The lowest BCUT2D eigenvalue weighted by Gasteiger charge is -2.16. The van der Waals surface area contributed by atoms with Crippen LogP contribution in [0.5, 0.6) is 0 Å². The van der Waals surface area contributed by atoms with Crippen molar-refractivity contribution >= 4 is 114 Å². The Hall–Kier alpha value is -4.66. The zero-order valence-corrected chi connectivity index (χ0v) is 23.1. The van der Waals surface area contributed by atoms with Gasteiger partial charge in [-0.15, -0.1) is 0 Å². The molecule has 2 aromatic carbocycles. The van der Waals surface area contributed by atoms with Gasteiger partial charge in [0.25, 0.3) is 17.7 Å². The van der Waals surface area contributed by atoms with Crippen LogP contribution in [0.1, 0.15) is 36.9 Å². The van der Waals surface area contributed by atoms with Crippen LogP contribution in [0.2, 0.25) is 10.0 Å². The van der Waals surface area contributed by atoms with Gasteiger partial charge in [-0.3, -0.25) is 14.4 Å². The molecule has 0 aliphatic carbocycles. The second-order valence-corrected chi connectivity index (χ2v) is 10.1. The third-order valence-electron chi connectivity index (χ3n) is 6.72. The number of hydrogen-bond acceptors (Lipinski definition) is 10. The van der Waals surface area contributed by atoms with Crippen LogP contribution in [0.25, 0.3) is 21.8 Å². The maximum absolute atomic E-state index is 12.2. The van der Waals surface area contributed by atoms with Gasteiger partial charge in [0.15, 0.2) is 0 Å². The smallest absolute Gasteiger partial charge is 0.267 e. The Balaban J connectivity index is 0.000000161. The van der Waals surface area contributed by atoms with E-state index in [1.165, 1.54) is 11.0 Å². The van der Waals surface area contributed by atoms with Crippen LogP contribution in [0.3, 0.4) is 0 Å². The van der Waals surface area contributed by atoms with Crippen molar-refractivity contribution in [1.29, 1.82) is 0 Å². The van der Waals surface area contributed by atoms with E-state index in [4.69, 9.17) is 69.8 Å². The van der Waals surface area contributed by atoms with Gasteiger partial charge in [0.1, 0.15) is 16.4 Å². The summed E-state index contributed by atoms with van der Waals surface area (Å²) in [4.78, 5) is 46.8. The number of thiocarbonyl (C=S) groups is 1. The lowest BCUT2D eigenvalue weighted by molar-refractivity contribution is 0.0985. The van der Waals surface area contributed by atoms with Gasteiger partial charge in [-0.1, -0.05) is 35.4 Å². The second kappa shape index (κ2) is 8.94. The normalized spacial score (nSPS) is 13.3. The lowest BCUT2D eigenvalue weighted by atomic mass is 10.1. The molecule has 0 atom stereocenters. The quantitative estimate of drug-likeness (QED) is 0.144. The summed E-state index contributed by atoms with van der Waals surface area (Å²) < 4.78 is 0. The van der Waals surface area contributed by atoms with Gasteiger partial charge in [-0.05, 0) is 12.1 Å². The SMILES string of the molecule is CN1C(=O)c2cc(C(N)=O)nc3c(N)c(Cl)c(N)c1c23.CN1C(=S)c2cc(C(N)=O)nc3c(N)c(Cl)c(N)c1c23. The van der Waals surface area contributed by atoms with E-state index in [1.54, 1.807) is 25.1 Å². The van der Waals surface area contributed by atoms with Gasteiger partial charge >= 0.3 is 0 Å². The van der Waals surface area contributed by atoms with E-state index in [0.29, 0.717) is 43.9 Å². The van der Waals surface area contributed by atoms with Crippen LogP contribution in [-0.2, 0) is 0 Å². The average Bonchev–Trinajstić information content (AvgIpc) is 3.33. The first-order chi connectivity index (χ1) is 18.7. The molecule has 3 amide bonds. The fourth-order valence-corrected chi connectivity index (χ4v) is 5.40. The molecule has 0 saturated carbocycles. The Morgan fingerprint density at radius 3 is 1.60 bits per heavy atom. The fourth-order valence-electron chi connectivity index (χ4n) is 4.79. The zero-order valence-electron chi connectivity index (χ0n) is 20.8. The summed E-state index contributed by atoms with van der Waals surface area (Å²) in [5.41, 5.74) is 37.9. The third kappa shape index (κ3) is 3.53. The molecule has 4 aromatic rings. The van der Waals surface area contributed by atoms with E-state index in [9.17, 15) is 14.4 Å². The molecule has 4 heterocycles. The van der Waals surface area contributed by atoms with E-state index < -0.39 is 11.8 Å². The van der Waals surface area contributed by atoms with Crippen LogP contribution in [0.15, 0.2) is 12.1 Å². The molecular formula is C24H20Cl2N10O3S. The van der Waals surface area contributed by atoms with Gasteiger partial charge < -0.3 is 44.2 Å². The topological polar surface area (TPSA) is 240 Å². The summed E-state index contributed by atoms with van der Waals surface area (Å²) in [6, 6.07) is 2.89. The number of halogens is 2. The number of hydrogen-bond donors (Lipinski definition) is 6. The van der Waals surface area contributed by atoms with E-state index in [0.717, 1.165) is 0 Å². The van der Waals surface area contributed by atoms with Crippen molar-refractivity contribution in [2.24, 2.45) is 11.5 Å². The summed E-state index contributed by atoms with van der Waals surface area (Å²) in [7, 11) is 3.33. The zero-order chi connectivity index (χ0) is 29.5. The first-order valence-electron chi connectivity index (χ1n) is 11.3. The minimum Gasteiger partial charge on any atom is -0.396 e. The Morgan fingerprint density at radius 2 is 1.15 bits per heavy atom. The fraction of sp³-hybridized carbons (Fsp3) is 0.0833. The number of rotatable bonds is 2. The molecule has 13 nitrogen and oxygen atoms in total. The molecule has 12 N–H and O–H groups in total. The second-order valence-electron chi connectivity index (χ2n) is 8.99. The number of anilines is 6. The highest BCUT2D eigenvalue weighted by Gasteiger charge is 2.34. The Bertz CT molecular complexity index is 1780. The number of carbonyl (C=O) groups excluding carboxylic acids is 3. The van der Waals surface area contributed by atoms with Crippen molar-refractivity contribution in [3.8, 4) is 0 Å². The number of carbonyl (C=O) groups is 3. The van der Waals surface area contributed by atoms with Gasteiger partial charge in [0.05, 0.1) is 60.8 Å². The molecule has 2 aliphatic rings. The van der Waals surface area contributed by atoms with Crippen molar-refractivity contribution in [3.63, 3.8) is 0 Å². The molecule has 0 saturated heterocycles. The summed E-state index contributed by atoms with van der Waals surface area (Å²) in [6.07, 6.45) is 0. The molecule has 2 aromatic heterocycles. The summed E-state index contributed by atoms with van der Waals surface area (Å²) in [5, 5.41) is 1.49. The number of nitrogens with two attached hydrogens (primary N) is 6. The molecule has 204 valence electrons. The van der Waals surface area contributed by atoms with E-state index >= 15 is 0 Å². The maximum Gasteiger partial charge on any atom is 0.267 e. The number of primary amides is 2. The largest absolute Gasteiger partial charge is 0.396 e. The Kier molecular flexibility index (Phi) is 6.02. The summed E-state index contributed by atoms with van der Waals surface area (Å²) in [5.74, 6) is -1.72. The molecule has 2 aliphatic heterocycles. The standard InChI is InChI=1S/C12H10ClN5O2.C12H10ClN5OS/c2*1-18-10-5-3(12(18)20)2-4(11(16)19)17-9(5)7(14)6(13)8(10)15/h2*2H,14-15H2,1H3,(H2,16,19). The molecule has 0 fully saturated rings.